The van der Waals surface area contributed by atoms with Crippen LogP contribution < -0.4 is 4.72 Å². The molecule has 0 aliphatic rings. The monoisotopic (exact) mass is 247 g/mol. The van der Waals surface area contributed by atoms with Gasteiger partial charge >= 0.3 is 0 Å². The number of nitrogens with one attached hydrogen (secondary N) is 1. The number of anilines is 1. The first-order chi connectivity index (χ1) is 7.28. The van der Waals surface area contributed by atoms with E-state index in [1.807, 2.05) is 0 Å². The van der Waals surface area contributed by atoms with Crippen LogP contribution in [0.3, 0.4) is 0 Å². The minimum absolute atomic E-state index is 0.0193. The molecule has 0 saturated carbocycles. The van der Waals surface area contributed by atoms with Crippen molar-refractivity contribution in [2.24, 2.45) is 0 Å². The number of nitrogens with zero attached hydrogens (tertiary/aromatic N) is 4. The molecule has 0 aliphatic heterocycles. The molecule has 1 amide bonds. The molecule has 1 heterocycles. The first-order valence-electron chi connectivity index (χ1n) is 4.36. The van der Waals surface area contributed by atoms with E-state index < -0.39 is 10.0 Å². The largest absolute Gasteiger partial charge is 0.347 e. The van der Waals surface area contributed by atoms with E-state index >= 15 is 0 Å². The van der Waals surface area contributed by atoms with Crippen molar-refractivity contribution < 1.29 is 13.2 Å². The lowest BCUT2D eigenvalue weighted by Crippen LogP contribution is -2.26. The molecule has 0 unspecified atom stereocenters. The Morgan fingerprint density at radius 1 is 1.56 bits per heavy atom. The summed E-state index contributed by atoms with van der Waals surface area (Å²) < 4.78 is 25.2. The molecule has 9 heteroatoms. The molecule has 0 fully saturated rings. The quantitative estimate of drug-likeness (QED) is 0.716. The van der Waals surface area contributed by atoms with E-state index in [2.05, 4.69) is 15.0 Å². The fourth-order valence-electron chi connectivity index (χ4n) is 0.892. The Balaban J connectivity index is 2.69. The Kier molecular flexibility index (Phi) is 3.48. The Labute approximate surface area is 93.3 Å². The molecule has 16 heavy (non-hydrogen) atoms. The van der Waals surface area contributed by atoms with Gasteiger partial charge < -0.3 is 4.90 Å². The molecule has 1 N–H and O–H groups in total. The highest BCUT2D eigenvalue weighted by Gasteiger charge is 2.09. The number of rotatable bonds is 4. The van der Waals surface area contributed by atoms with Crippen molar-refractivity contribution in [2.45, 2.75) is 6.54 Å². The number of hydrogen-bond donors (Lipinski definition) is 1. The normalized spacial score (nSPS) is 11.2. The fourth-order valence-corrected chi connectivity index (χ4v) is 1.37. The molecule has 0 spiro atoms. The summed E-state index contributed by atoms with van der Waals surface area (Å²) in [5.41, 5.74) is 0. The lowest BCUT2D eigenvalue weighted by Gasteiger charge is -2.08. The summed E-state index contributed by atoms with van der Waals surface area (Å²) in [6.45, 7) is 0.0193. The first-order valence-corrected chi connectivity index (χ1v) is 6.25. The van der Waals surface area contributed by atoms with Crippen molar-refractivity contribution >= 4 is 21.7 Å². The van der Waals surface area contributed by atoms with E-state index in [0.717, 1.165) is 6.26 Å². The predicted octanol–water partition coefficient (Wildman–Crippen LogP) is -1.26. The number of carbonyl (C=O) groups excluding carboxylic acids is 1. The van der Waals surface area contributed by atoms with Gasteiger partial charge in [-0.15, -0.1) is 5.10 Å². The van der Waals surface area contributed by atoms with E-state index in [4.69, 9.17) is 0 Å². The maximum absolute atomic E-state index is 11.3. The van der Waals surface area contributed by atoms with E-state index in [9.17, 15) is 13.2 Å². The maximum Gasteiger partial charge on any atom is 0.243 e. The van der Waals surface area contributed by atoms with Gasteiger partial charge in [0.15, 0.2) is 5.82 Å². The maximum atomic E-state index is 11.3. The number of amides is 1. The molecule has 90 valence electrons. The van der Waals surface area contributed by atoms with Gasteiger partial charge in [0, 0.05) is 14.1 Å². The molecule has 0 aliphatic carbocycles. The van der Waals surface area contributed by atoms with Gasteiger partial charge in [-0.25, -0.2) is 13.1 Å². The number of sulfonamides is 1. The first kappa shape index (κ1) is 12.4. The molecule has 0 atom stereocenters. The van der Waals surface area contributed by atoms with Gasteiger partial charge in [0.05, 0.1) is 12.5 Å². The molecule has 0 aromatic carbocycles. The summed E-state index contributed by atoms with van der Waals surface area (Å²) in [6.07, 6.45) is 2.36. The molecule has 0 bridgehead atoms. The van der Waals surface area contributed by atoms with Gasteiger partial charge in [-0.3, -0.25) is 9.52 Å². The van der Waals surface area contributed by atoms with Crippen LogP contribution in [-0.2, 0) is 21.4 Å². The van der Waals surface area contributed by atoms with Crippen LogP contribution in [0.5, 0.6) is 0 Å². The van der Waals surface area contributed by atoms with Crippen LogP contribution in [0.25, 0.3) is 0 Å². The zero-order chi connectivity index (χ0) is 12.3. The van der Waals surface area contributed by atoms with E-state index in [-0.39, 0.29) is 18.3 Å². The lowest BCUT2D eigenvalue weighted by atomic mass is 10.5. The Hall–Kier alpha value is -1.64. The zero-order valence-corrected chi connectivity index (χ0v) is 10.0. The Morgan fingerprint density at radius 2 is 2.19 bits per heavy atom. The SMILES string of the molecule is CN(C)C(=O)Cn1cc(NS(C)(=O)=O)nn1. The molecule has 8 nitrogen and oxygen atoms in total. The van der Waals surface area contributed by atoms with Gasteiger partial charge in [0.25, 0.3) is 0 Å². The summed E-state index contributed by atoms with van der Waals surface area (Å²) in [5.74, 6) is -0.0649. The highest BCUT2D eigenvalue weighted by atomic mass is 32.2. The van der Waals surface area contributed by atoms with Crippen LogP contribution in [0, 0.1) is 0 Å². The van der Waals surface area contributed by atoms with Crippen molar-refractivity contribution in [1.82, 2.24) is 19.9 Å². The van der Waals surface area contributed by atoms with Crippen LogP contribution >= 0.6 is 0 Å². The fraction of sp³-hybridized carbons (Fsp3) is 0.571. The van der Waals surface area contributed by atoms with Gasteiger partial charge in [-0.1, -0.05) is 5.21 Å². The molecule has 1 rings (SSSR count). The topological polar surface area (TPSA) is 97.2 Å². The summed E-state index contributed by atoms with van der Waals surface area (Å²) >= 11 is 0. The summed E-state index contributed by atoms with van der Waals surface area (Å²) in [7, 11) is -0.130. The highest BCUT2D eigenvalue weighted by molar-refractivity contribution is 7.92. The van der Waals surface area contributed by atoms with E-state index in [0.29, 0.717) is 0 Å². The Morgan fingerprint density at radius 3 is 2.69 bits per heavy atom. The van der Waals surface area contributed by atoms with E-state index in [1.54, 1.807) is 14.1 Å². The standard InChI is InChI=1S/C7H13N5O3S/c1-11(2)7(13)5-12-4-6(8-10-12)9-16(3,14)15/h4,9H,5H2,1-3H3. The van der Waals surface area contributed by atoms with Gasteiger partial charge in [-0.05, 0) is 0 Å². The van der Waals surface area contributed by atoms with Crippen LogP contribution in [0.1, 0.15) is 0 Å². The van der Waals surface area contributed by atoms with Crippen LogP contribution in [0.15, 0.2) is 6.20 Å². The Bertz CT molecular complexity index is 478. The second kappa shape index (κ2) is 4.47. The number of likely N-dealkylation sites (N-methyl/N-ethyl adjacent to an activating group) is 1. The molecular formula is C7H13N5O3S. The van der Waals surface area contributed by atoms with Crippen LogP contribution in [0.2, 0.25) is 0 Å². The molecule has 0 radical (unpaired) electrons. The number of hydrogen-bond acceptors (Lipinski definition) is 5. The highest BCUT2D eigenvalue weighted by Crippen LogP contribution is 2.02. The second-order valence-electron chi connectivity index (χ2n) is 3.46. The van der Waals surface area contributed by atoms with Gasteiger partial charge in [-0.2, -0.15) is 0 Å². The third-order valence-electron chi connectivity index (χ3n) is 1.62. The average Bonchev–Trinajstić information content (AvgIpc) is 2.49. The number of aromatic nitrogens is 3. The predicted molar refractivity (Wildman–Crippen MR) is 57.2 cm³/mol. The summed E-state index contributed by atoms with van der Waals surface area (Å²) in [4.78, 5) is 12.7. The van der Waals surface area contributed by atoms with Gasteiger partial charge in [0.2, 0.25) is 15.9 Å². The van der Waals surface area contributed by atoms with Crippen molar-refractivity contribution in [3.8, 4) is 0 Å². The molecule has 0 saturated heterocycles. The molecular weight excluding hydrogens is 234 g/mol. The summed E-state index contributed by atoms with van der Waals surface area (Å²) in [5, 5.41) is 7.18. The average molecular weight is 247 g/mol. The lowest BCUT2D eigenvalue weighted by molar-refractivity contribution is -0.129. The van der Waals surface area contributed by atoms with Crippen molar-refractivity contribution in [2.75, 3.05) is 25.1 Å². The third kappa shape index (κ3) is 3.85. The van der Waals surface area contributed by atoms with Crippen molar-refractivity contribution in [1.29, 1.82) is 0 Å². The smallest absolute Gasteiger partial charge is 0.243 e. The zero-order valence-electron chi connectivity index (χ0n) is 9.21. The van der Waals surface area contributed by atoms with E-state index in [1.165, 1.54) is 15.8 Å². The minimum Gasteiger partial charge on any atom is -0.347 e. The third-order valence-corrected chi connectivity index (χ3v) is 2.20. The molecule has 1 aromatic heterocycles. The van der Waals surface area contributed by atoms with Crippen LogP contribution in [0.4, 0.5) is 5.82 Å². The van der Waals surface area contributed by atoms with Gasteiger partial charge in [0.1, 0.15) is 6.54 Å². The van der Waals surface area contributed by atoms with Crippen molar-refractivity contribution in [3.63, 3.8) is 0 Å². The van der Waals surface area contributed by atoms with Crippen molar-refractivity contribution in [3.05, 3.63) is 6.20 Å². The second-order valence-corrected chi connectivity index (χ2v) is 5.21. The minimum atomic E-state index is -3.37. The molecule has 1 aromatic rings. The number of carbonyl (C=O) groups is 1. The van der Waals surface area contributed by atoms with Crippen LogP contribution in [-0.4, -0.2) is 54.6 Å². The summed E-state index contributed by atoms with van der Waals surface area (Å²) in [6, 6.07) is 0.